The molecule has 0 saturated carbocycles. The van der Waals surface area contributed by atoms with Crippen LogP contribution >= 0.6 is 0 Å². The number of benzene rings is 2. The normalized spacial score (nSPS) is 21.3. The van der Waals surface area contributed by atoms with E-state index in [2.05, 4.69) is 114 Å². The molecule has 0 N–H and O–H groups in total. The molecule has 0 aliphatic carbocycles. The molecule has 0 radical (unpaired) electrons. The molecule has 1 aliphatic heterocycles. The predicted molar refractivity (Wildman–Crippen MR) is 127 cm³/mol. The molecule has 3 rings (SSSR count). The monoisotopic (exact) mass is 502 g/mol. The van der Waals surface area contributed by atoms with Crippen molar-refractivity contribution in [2.24, 2.45) is 0 Å². The van der Waals surface area contributed by atoms with Crippen LogP contribution in [-0.2, 0) is 9.36 Å². The third-order valence-electron chi connectivity index (χ3n) is 7.35. The average Bonchev–Trinajstić information content (AvgIpc) is 2.60. The van der Waals surface area contributed by atoms with E-state index in [1.54, 1.807) is 0 Å². The predicted octanol–water partition coefficient (Wildman–Crippen LogP) is 7.68. The van der Waals surface area contributed by atoms with Gasteiger partial charge in [0.05, 0.1) is 0 Å². The van der Waals surface area contributed by atoms with E-state index in [4.69, 9.17) is 3.76 Å². The molecular formula is C25H38Ge2O. The Bertz CT molecular complexity index is 744. The van der Waals surface area contributed by atoms with Gasteiger partial charge >= 0.3 is 177 Å². The van der Waals surface area contributed by atoms with Crippen LogP contribution in [0, 0.1) is 0 Å². The maximum absolute atomic E-state index is 7.57. The van der Waals surface area contributed by atoms with Crippen molar-refractivity contribution in [3.05, 3.63) is 71.8 Å². The van der Waals surface area contributed by atoms with Crippen molar-refractivity contribution in [2.45, 2.75) is 78.8 Å². The molecule has 3 heteroatoms. The summed E-state index contributed by atoms with van der Waals surface area (Å²) in [5.41, 5.74) is 2.38. The fourth-order valence-electron chi connectivity index (χ4n) is 6.91. The van der Waals surface area contributed by atoms with Crippen molar-refractivity contribution < 1.29 is 3.76 Å². The average molecular weight is 500 g/mol. The van der Waals surface area contributed by atoms with Crippen LogP contribution in [0.4, 0.5) is 0 Å². The summed E-state index contributed by atoms with van der Waals surface area (Å²) in [6.45, 7) is 15.1. The van der Waals surface area contributed by atoms with E-state index in [0.717, 1.165) is 6.42 Å². The summed E-state index contributed by atoms with van der Waals surface area (Å²) in [6.07, 6.45) is 1.12. The molecule has 1 heterocycles. The number of rotatable bonds is 2. The molecular weight excluding hydrogens is 461 g/mol. The molecule has 0 amide bonds. The van der Waals surface area contributed by atoms with E-state index < -0.39 is 22.9 Å². The summed E-state index contributed by atoms with van der Waals surface area (Å²) in [7, 11) is 0. The summed E-state index contributed by atoms with van der Waals surface area (Å²) in [6, 6.07) is 22.0. The molecule has 1 fully saturated rings. The molecule has 152 valence electrons. The van der Waals surface area contributed by atoms with Crippen molar-refractivity contribution in [2.75, 3.05) is 0 Å². The van der Waals surface area contributed by atoms with Crippen LogP contribution in [-0.4, -0.2) is 22.9 Å². The van der Waals surface area contributed by atoms with Gasteiger partial charge in [-0.1, -0.05) is 0 Å². The van der Waals surface area contributed by atoms with Crippen molar-refractivity contribution in [1.82, 2.24) is 0 Å². The van der Waals surface area contributed by atoms with Crippen molar-refractivity contribution in [3.63, 3.8) is 0 Å². The van der Waals surface area contributed by atoms with E-state index >= 15 is 0 Å². The van der Waals surface area contributed by atoms with Crippen LogP contribution in [0.1, 0.15) is 59.1 Å². The molecule has 1 saturated heterocycles. The topological polar surface area (TPSA) is 9.23 Å². The summed E-state index contributed by atoms with van der Waals surface area (Å²) < 4.78 is 8.35. The van der Waals surface area contributed by atoms with Gasteiger partial charge in [-0.05, 0) is 0 Å². The standard InChI is InChI=1S/C25H38Ge2O/c1-23(2,3)27(24(4,5)6)20-19-25(28-26(27,7)8,21-15-11-9-12-16-21)22-17-13-10-14-18-22/h9-18H,19-20H2,1-8H3. The molecule has 0 aromatic heterocycles. The van der Waals surface area contributed by atoms with E-state index in [1.165, 1.54) is 16.4 Å². The van der Waals surface area contributed by atoms with Crippen LogP contribution in [0.5, 0.6) is 0 Å². The minimum atomic E-state index is -2.60. The Labute approximate surface area is 176 Å². The number of hydrogen-bond donors (Lipinski definition) is 0. The first-order valence-corrected chi connectivity index (χ1v) is 25.8. The fraction of sp³-hybridized carbons (Fsp3) is 0.520. The van der Waals surface area contributed by atoms with Crippen LogP contribution in [0.15, 0.2) is 60.7 Å². The van der Waals surface area contributed by atoms with Crippen molar-refractivity contribution in [3.8, 4) is 0 Å². The zero-order valence-electron chi connectivity index (χ0n) is 19.1. The van der Waals surface area contributed by atoms with Crippen molar-refractivity contribution in [1.29, 1.82) is 0 Å². The Morgan fingerprint density at radius 1 is 0.714 bits per heavy atom. The number of hydrogen-bond acceptors (Lipinski definition) is 1. The molecule has 0 bridgehead atoms. The zero-order chi connectivity index (χ0) is 20.8. The first-order chi connectivity index (χ1) is 12.9. The Morgan fingerprint density at radius 2 is 1.11 bits per heavy atom. The summed E-state index contributed by atoms with van der Waals surface area (Å²) in [5.74, 6) is 5.19. The fourth-order valence-corrected chi connectivity index (χ4v) is 79.2. The Hall–Kier alpha value is -0.514. The van der Waals surface area contributed by atoms with E-state index in [1.807, 2.05) is 0 Å². The van der Waals surface area contributed by atoms with Crippen molar-refractivity contribution >= 4 is 22.9 Å². The molecule has 1 nitrogen and oxygen atoms in total. The Balaban J connectivity index is 2.21. The van der Waals surface area contributed by atoms with Gasteiger partial charge in [0.1, 0.15) is 0 Å². The SMILES string of the molecule is C[C](C)(C)[Ge]1([C](C)(C)C)[CH2]CC(c2ccccc2)(c2ccccc2)[O][Ge]1([CH3])[CH3]. The second-order valence-electron chi connectivity index (χ2n) is 11.1. The molecule has 0 unspecified atom stereocenters. The van der Waals surface area contributed by atoms with Crippen LogP contribution in [0.25, 0.3) is 0 Å². The second kappa shape index (κ2) is 7.32. The van der Waals surface area contributed by atoms with Gasteiger partial charge < -0.3 is 0 Å². The van der Waals surface area contributed by atoms with Gasteiger partial charge in [0, 0.05) is 0 Å². The molecule has 2 aromatic carbocycles. The van der Waals surface area contributed by atoms with Crippen LogP contribution < -0.4 is 0 Å². The molecule has 1 aliphatic rings. The summed E-state index contributed by atoms with van der Waals surface area (Å²) in [4.78, 5) is 0. The van der Waals surface area contributed by atoms with Crippen LogP contribution in [0.2, 0.25) is 25.3 Å². The molecule has 28 heavy (non-hydrogen) atoms. The second-order valence-corrected chi connectivity index (χ2v) is 51.4. The van der Waals surface area contributed by atoms with Gasteiger partial charge in [0.25, 0.3) is 0 Å². The van der Waals surface area contributed by atoms with Gasteiger partial charge in [-0.25, -0.2) is 0 Å². The van der Waals surface area contributed by atoms with Gasteiger partial charge in [-0.3, -0.25) is 0 Å². The molecule has 2 aromatic rings. The third-order valence-corrected chi connectivity index (χ3v) is 68.9. The van der Waals surface area contributed by atoms with Gasteiger partial charge in [0.2, 0.25) is 0 Å². The van der Waals surface area contributed by atoms with Gasteiger partial charge in [-0.2, -0.15) is 0 Å². The third kappa shape index (κ3) is 3.36. The summed E-state index contributed by atoms with van der Waals surface area (Å²) >= 11 is -4.98. The van der Waals surface area contributed by atoms with E-state index in [0.29, 0.717) is 8.49 Å². The minimum absolute atomic E-state index is 0.280. The first-order valence-electron chi connectivity index (χ1n) is 10.7. The zero-order valence-corrected chi connectivity index (χ0v) is 23.3. The van der Waals surface area contributed by atoms with Gasteiger partial charge in [-0.15, -0.1) is 0 Å². The van der Waals surface area contributed by atoms with Gasteiger partial charge in [0.15, 0.2) is 0 Å². The quantitative estimate of drug-likeness (QED) is 0.385. The molecule has 0 spiro atoms. The first kappa shape index (κ1) is 22.2. The van der Waals surface area contributed by atoms with E-state index in [-0.39, 0.29) is 5.60 Å². The van der Waals surface area contributed by atoms with Crippen LogP contribution in [0.3, 0.4) is 0 Å². The Morgan fingerprint density at radius 3 is 1.43 bits per heavy atom. The summed E-state index contributed by atoms with van der Waals surface area (Å²) in [5, 5.41) is 1.39. The Kier molecular flexibility index (Phi) is 5.80. The maximum atomic E-state index is 7.57. The molecule has 0 atom stereocenters. The van der Waals surface area contributed by atoms with E-state index in [9.17, 15) is 0 Å².